The minimum absolute atomic E-state index is 0.00277. The molecule has 16 heteroatoms. The van der Waals surface area contributed by atoms with Crippen LogP contribution in [0.1, 0.15) is 111 Å². The van der Waals surface area contributed by atoms with Crippen molar-refractivity contribution in [3.05, 3.63) is 94.9 Å². The highest BCUT2D eigenvalue weighted by Gasteiger charge is 2.62. The molecule has 346 valence electrons. The Labute approximate surface area is 375 Å². The summed E-state index contributed by atoms with van der Waals surface area (Å²) in [5.74, 6) is -11.0. The van der Waals surface area contributed by atoms with Crippen LogP contribution < -0.4 is 0 Å². The van der Waals surface area contributed by atoms with Crippen LogP contribution in [0.2, 0.25) is 0 Å². The summed E-state index contributed by atoms with van der Waals surface area (Å²) < 4.78 is 46.1. The van der Waals surface area contributed by atoms with Crippen LogP contribution in [0.3, 0.4) is 0 Å². The molecule has 6 atom stereocenters. The van der Waals surface area contributed by atoms with Crippen LogP contribution in [0.5, 0.6) is 0 Å². The molecule has 65 heavy (non-hydrogen) atoms. The van der Waals surface area contributed by atoms with Gasteiger partial charge in [0.25, 0.3) is 35.0 Å². The van der Waals surface area contributed by atoms with Gasteiger partial charge in [-0.05, 0) is 98.8 Å². The molecule has 0 aromatic heterocycles. The molecule has 4 heterocycles. The molecule has 16 nitrogen and oxygen atoms in total. The lowest BCUT2D eigenvalue weighted by molar-refractivity contribution is -0.291. The fourth-order valence-electron chi connectivity index (χ4n) is 10.7. The molecule has 0 aromatic carbocycles. The quantitative estimate of drug-likeness (QED) is 0.0798. The van der Waals surface area contributed by atoms with Gasteiger partial charge in [0.05, 0.1) is 0 Å². The number of hydrogen-bond acceptors (Lipinski definition) is 16. The Kier molecular flexibility index (Phi) is 11.2. The zero-order chi connectivity index (χ0) is 45.9. The van der Waals surface area contributed by atoms with Gasteiger partial charge in [0.2, 0.25) is 0 Å². The average molecular weight is 899 g/mol. The second-order valence-electron chi connectivity index (χ2n) is 19.5. The summed E-state index contributed by atoms with van der Waals surface area (Å²) >= 11 is 0. The van der Waals surface area contributed by atoms with Crippen molar-refractivity contribution in [2.45, 2.75) is 134 Å². The van der Waals surface area contributed by atoms with E-state index >= 15 is 0 Å². The van der Waals surface area contributed by atoms with Gasteiger partial charge in [0, 0.05) is 50.4 Å². The molecule has 0 bridgehead atoms. The van der Waals surface area contributed by atoms with Crippen LogP contribution in [-0.4, -0.2) is 69.2 Å². The summed E-state index contributed by atoms with van der Waals surface area (Å²) in [7, 11) is 0. The van der Waals surface area contributed by atoms with Crippen LogP contribution in [0, 0.1) is 35.0 Å². The van der Waals surface area contributed by atoms with E-state index in [0.29, 0.717) is 18.8 Å². The molecule has 0 aromatic rings. The minimum atomic E-state index is -1.67. The molecule has 0 radical (unpaired) electrons. The zero-order valence-electron chi connectivity index (χ0n) is 36.7. The number of ether oxygens (including phenoxy) is 8. The molecule has 4 spiro atoms. The molecule has 9 aliphatic rings. The Bertz CT molecular complexity index is 2280. The van der Waals surface area contributed by atoms with E-state index in [4.69, 9.17) is 37.9 Å². The SMILES string of the molecule is CC1CCC(C2CC2)C2(C1)OC(=O)C(C=CC=CC=C1C(=O)OC3(CCC4(CC3)OC(=O)C(=C/C=C/C=C/C3=C(O)OC5(CC(C)CCC5C5(C)CC5)OC3=O)C(=O)O4)OC1=O)=C(O)O2. The van der Waals surface area contributed by atoms with Crippen molar-refractivity contribution in [1.29, 1.82) is 0 Å². The van der Waals surface area contributed by atoms with Crippen LogP contribution in [-0.2, 0) is 66.7 Å². The third-order valence-corrected chi connectivity index (χ3v) is 14.6. The third-order valence-electron chi connectivity index (χ3n) is 14.6. The highest BCUT2D eigenvalue weighted by Crippen LogP contribution is 2.62. The van der Waals surface area contributed by atoms with Crippen LogP contribution in [0.25, 0.3) is 0 Å². The monoisotopic (exact) mass is 898 g/mol. The summed E-state index contributed by atoms with van der Waals surface area (Å²) in [4.78, 5) is 78.3. The van der Waals surface area contributed by atoms with Gasteiger partial charge in [-0.2, -0.15) is 0 Å². The fourth-order valence-corrected chi connectivity index (χ4v) is 10.7. The first kappa shape index (κ1) is 44.2. The van der Waals surface area contributed by atoms with E-state index in [-0.39, 0.29) is 65.9 Å². The molecule has 5 saturated carbocycles. The maximum Gasteiger partial charge on any atom is 0.348 e. The number of carbonyl (C=O) groups excluding carboxylic acids is 6. The number of allylic oxidation sites excluding steroid dienone is 8. The van der Waals surface area contributed by atoms with E-state index in [0.717, 1.165) is 51.4 Å². The minimum Gasteiger partial charge on any atom is -0.480 e. The number of esters is 6. The summed E-state index contributed by atoms with van der Waals surface area (Å²) in [6.45, 7) is 6.30. The van der Waals surface area contributed by atoms with E-state index in [1.54, 1.807) is 0 Å². The smallest absolute Gasteiger partial charge is 0.348 e. The first-order valence-corrected chi connectivity index (χ1v) is 22.7. The first-order valence-electron chi connectivity index (χ1n) is 22.7. The summed E-state index contributed by atoms with van der Waals surface area (Å²) in [6.07, 6.45) is 21.7. The van der Waals surface area contributed by atoms with Crippen molar-refractivity contribution in [3.63, 3.8) is 0 Å². The highest BCUT2D eigenvalue weighted by molar-refractivity contribution is 6.16. The van der Waals surface area contributed by atoms with Crippen molar-refractivity contribution in [1.82, 2.24) is 0 Å². The summed E-state index contributed by atoms with van der Waals surface area (Å²) in [5, 5.41) is 21.6. The maximum atomic E-state index is 13.1. The Balaban J connectivity index is 0.764. The lowest BCUT2D eigenvalue weighted by Crippen LogP contribution is -2.56. The van der Waals surface area contributed by atoms with Crippen molar-refractivity contribution in [2.24, 2.45) is 35.0 Å². The van der Waals surface area contributed by atoms with Gasteiger partial charge in [-0.3, -0.25) is 0 Å². The van der Waals surface area contributed by atoms with E-state index < -0.39 is 82.0 Å². The fraction of sp³-hybridized carbons (Fsp3) is 0.551. The Morgan fingerprint density at radius 2 is 0.908 bits per heavy atom. The van der Waals surface area contributed by atoms with Crippen molar-refractivity contribution in [2.75, 3.05) is 0 Å². The third kappa shape index (κ3) is 8.51. The molecule has 2 saturated heterocycles. The molecule has 4 aliphatic heterocycles. The van der Waals surface area contributed by atoms with E-state index in [9.17, 15) is 39.0 Å². The van der Waals surface area contributed by atoms with Gasteiger partial charge in [0.1, 0.15) is 22.3 Å². The number of aliphatic hydroxyl groups excluding tert-OH is 2. The van der Waals surface area contributed by atoms with Gasteiger partial charge in [0.15, 0.2) is 0 Å². The molecule has 6 unspecified atom stereocenters. The summed E-state index contributed by atoms with van der Waals surface area (Å²) in [5.41, 5.74) is -1.10. The van der Waals surface area contributed by atoms with Gasteiger partial charge in [-0.15, -0.1) is 0 Å². The number of hydrogen-bond donors (Lipinski definition) is 2. The van der Waals surface area contributed by atoms with E-state index in [2.05, 4.69) is 20.8 Å². The van der Waals surface area contributed by atoms with Crippen molar-refractivity contribution >= 4 is 35.8 Å². The molecule has 7 fully saturated rings. The standard InChI is InChI=1S/C49H54O16/c1-28-14-18-35(30-16-17-30)48(26-28)62-41(54)33(42(55)63-48)12-8-4-6-10-31-37(50)58-46(59-38(31)51)22-24-47(25-23-46)60-39(52)32(40(53)61-47)11-7-5-9-13-34-43(56)64-49(65-44(34)57)27-29(2)15-19-36(49)45(3)20-21-45/h4-13,28-30,35-36,54,56H,14-27H2,1-3H3/b6-4?,7-5+,12-8?,13-9+,31-10?,32-11?. The highest BCUT2D eigenvalue weighted by atomic mass is 16.8. The lowest BCUT2D eigenvalue weighted by atomic mass is 9.70. The molecule has 2 N–H and O–H groups in total. The second kappa shape index (κ2) is 16.4. The Morgan fingerprint density at radius 1 is 0.477 bits per heavy atom. The predicted octanol–water partition coefficient (Wildman–Crippen LogP) is 7.39. The van der Waals surface area contributed by atoms with Gasteiger partial charge in [-0.25, -0.2) is 28.8 Å². The molecular weight excluding hydrogens is 845 g/mol. The Morgan fingerprint density at radius 3 is 1.35 bits per heavy atom. The van der Waals surface area contributed by atoms with E-state index in [1.807, 2.05) is 0 Å². The molecule has 9 rings (SSSR count). The molecule has 0 amide bonds. The molecule has 5 aliphatic carbocycles. The lowest BCUT2D eigenvalue weighted by Gasteiger charge is -2.48. The van der Waals surface area contributed by atoms with Crippen LogP contribution in [0.15, 0.2) is 94.9 Å². The van der Waals surface area contributed by atoms with E-state index in [1.165, 1.54) is 60.8 Å². The van der Waals surface area contributed by atoms with Gasteiger partial charge < -0.3 is 48.1 Å². The normalized spacial score (nSPS) is 37.2. The topological polar surface area (TPSA) is 217 Å². The number of rotatable bonds is 8. The van der Waals surface area contributed by atoms with Crippen molar-refractivity contribution < 1.29 is 76.9 Å². The number of carbonyl (C=O) groups is 6. The molecular formula is C49H54O16. The van der Waals surface area contributed by atoms with Crippen LogP contribution in [0.4, 0.5) is 0 Å². The van der Waals surface area contributed by atoms with Gasteiger partial charge >= 0.3 is 35.8 Å². The largest absolute Gasteiger partial charge is 0.480 e. The second-order valence-corrected chi connectivity index (χ2v) is 19.5. The zero-order valence-corrected chi connectivity index (χ0v) is 36.7. The number of aliphatic hydroxyl groups is 2. The predicted molar refractivity (Wildman–Crippen MR) is 223 cm³/mol. The average Bonchev–Trinajstić information content (AvgIpc) is 4.18. The Hall–Kier alpha value is -6.06. The summed E-state index contributed by atoms with van der Waals surface area (Å²) in [6, 6.07) is 0. The van der Waals surface area contributed by atoms with Crippen molar-refractivity contribution in [3.8, 4) is 0 Å². The van der Waals surface area contributed by atoms with Crippen LogP contribution >= 0.6 is 0 Å². The van der Waals surface area contributed by atoms with Gasteiger partial charge in [-0.1, -0.05) is 57.2 Å². The first-order chi connectivity index (χ1) is 31.0. The maximum absolute atomic E-state index is 13.1.